The number of amides is 5. The highest BCUT2D eigenvalue weighted by atomic mass is 35.5. The lowest BCUT2D eigenvalue weighted by atomic mass is 9.96. The maximum atomic E-state index is 14.5. The fourth-order valence-corrected chi connectivity index (χ4v) is 13.0. The molecule has 8 aromatic rings. The highest BCUT2D eigenvalue weighted by molar-refractivity contribution is 7.22. The highest BCUT2D eigenvalue weighted by Crippen LogP contribution is 2.50. The predicted molar refractivity (Wildman–Crippen MR) is 381 cm³/mol. The van der Waals surface area contributed by atoms with Crippen molar-refractivity contribution in [1.29, 1.82) is 0 Å². The van der Waals surface area contributed by atoms with Gasteiger partial charge in [0.15, 0.2) is 5.82 Å². The van der Waals surface area contributed by atoms with Gasteiger partial charge in [0.05, 0.1) is 61.6 Å². The van der Waals surface area contributed by atoms with Crippen molar-refractivity contribution in [2.75, 3.05) is 72.0 Å². The SMILES string of the molecule is C#CCOCc1cc(NC(=O)[C@H](CCCNC(N)=O)NC(=O)[C@@H](NC(=O)[C@@H](N)CC#C)C(C)C)ccc1C[N+]1(C)CCN(CCOc2ccc(-c3c(-c4ccc(F)cc4)sc4ncnc(O[C@H](Cc5ccccc5OCc5ccnc(-c6ccccc6OC)n5)C(=O)O)c34)c(C)c2Cl)CC1. The Morgan fingerprint density at radius 3 is 2.31 bits per heavy atom. The number of benzene rings is 5. The number of ether oxygens (including phenoxy) is 5. The Labute approximate surface area is 589 Å². The first kappa shape index (κ1) is 74.0. The van der Waals surface area contributed by atoms with E-state index in [1.54, 1.807) is 81.8 Å². The number of carboxylic acids is 1. The van der Waals surface area contributed by atoms with E-state index in [0.717, 1.165) is 37.3 Å². The monoisotopic (exact) mass is 1400 g/mol. The number of para-hydroxylation sites is 2. The van der Waals surface area contributed by atoms with Crippen LogP contribution in [0.3, 0.4) is 0 Å². The van der Waals surface area contributed by atoms with Crippen molar-refractivity contribution in [3.05, 3.63) is 161 Å². The number of methoxy groups -OCH3 is 1. The highest BCUT2D eigenvalue weighted by Gasteiger charge is 2.34. The topological polar surface area (TPSA) is 307 Å². The zero-order valence-electron chi connectivity index (χ0n) is 56.2. The number of nitrogens with two attached hydrogens (primary N) is 2. The summed E-state index contributed by atoms with van der Waals surface area (Å²) in [5.74, 6) is 3.06. The number of fused-ring (bicyclic) bond motifs is 1. The third kappa shape index (κ3) is 19.3. The second-order valence-electron chi connectivity index (χ2n) is 24.7. The van der Waals surface area contributed by atoms with Crippen LogP contribution in [0.15, 0.2) is 122 Å². The Hall–Kier alpha value is -10.3. The molecule has 4 heterocycles. The lowest BCUT2D eigenvalue weighted by Crippen LogP contribution is -2.57. The van der Waals surface area contributed by atoms with Gasteiger partial charge in [-0.2, -0.15) is 0 Å². The molecule has 0 bridgehead atoms. The lowest BCUT2D eigenvalue weighted by Gasteiger charge is -2.42. The van der Waals surface area contributed by atoms with E-state index in [9.17, 15) is 33.5 Å². The third-order valence-corrected chi connectivity index (χ3v) is 18.7. The molecule has 0 unspecified atom stereocenters. The number of aliphatic carboxylic acids is 1. The molecule has 4 atom stereocenters. The number of urea groups is 1. The van der Waals surface area contributed by atoms with Crippen LogP contribution >= 0.6 is 22.9 Å². The maximum Gasteiger partial charge on any atom is 0.345 e. The van der Waals surface area contributed by atoms with E-state index in [0.29, 0.717) is 112 Å². The summed E-state index contributed by atoms with van der Waals surface area (Å²) in [6, 6.07) is 27.7. The van der Waals surface area contributed by atoms with Crippen molar-refractivity contribution in [3.63, 3.8) is 0 Å². The number of likely N-dealkylation sites (N-methyl/N-ethyl adjacent to an activating group) is 1. The molecule has 1 aliphatic heterocycles. The van der Waals surface area contributed by atoms with Gasteiger partial charge in [-0.05, 0) is 108 Å². The van der Waals surface area contributed by atoms with Gasteiger partial charge in [0.1, 0.15) is 72.7 Å². The number of hydrogen-bond acceptors (Lipinski definition) is 17. The molecule has 1 saturated heterocycles. The fraction of sp³-hybridized carbons (Fsp3) is 0.338. The standard InChI is InChI=1S/C74H80ClFN12O11S/c1-8-15-56(77)68(89)86-65(45(3)4)70(91)85-57(18-14-30-80-74(78)94)69(90)84-52-26-23-49(50(39-52)42-96-37-9-2)41-88(6)35-32-87(33-36-88)34-38-97-60-28-27-54(46(5)64(60)75)62-63-71(81-44-82-72(63)100-66(62)47-21-24-51(76)25-22-47)99-61(73(92)93)40-48-16-10-12-19-58(48)98-43-53-29-31-79-67(83-53)55-17-11-13-20-59(55)95-7/h1-2,10-13,16-17,19-29,31,39,44-45,56-57,61,65H,14-15,18,30,32-38,40-43,77H2,3-7H3,(H6-,78,80,84,85,86,89,90,91,92,93,94)/p+1/t56-,57-,61+,65-/m0/s1. The number of carbonyl (C=O) groups excluding carboxylic acids is 4. The van der Waals surface area contributed by atoms with Crippen LogP contribution in [0.25, 0.3) is 43.2 Å². The van der Waals surface area contributed by atoms with Gasteiger partial charge >= 0.3 is 12.0 Å². The molecular formula is C74H81ClFN12O11S+. The summed E-state index contributed by atoms with van der Waals surface area (Å²) in [4.78, 5) is 87.2. The van der Waals surface area contributed by atoms with E-state index < -0.39 is 59.8 Å². The average molecular weight is 1400 g/mol. The van der Waals surface area contributed by atoms with Crippen molar-refractivity contribution in [1.82, 2.24) is 40.8 Å². The molecule has 3 aromatic heterocycles. The number of hydrogen-bond donors (Lipinski definition) is 7. The Bertz CT molecular complexity index is 4310. The third-order valence-electron chi connectivity index (χ3n) is 17.1. The van der Waals surface area contributed by atoms with Crippen LogP contribution in [0.2, 0.25) is 5.02 Å². The summed E-state index contributed by atoms with van der Waals surface area (Å²) in [5, 5.41) is 22.5. The van der Waals surface area contributed by atoms with Crippen LogP contribution in [0.5, 0.6) is 23.1 Å². The largest absolute Gasteiger partial charge is 0.496 e. The average Bonchev–Trinajstić information content (AvgIpc) is 1.59. The zero-order chi connectivity index (χ0) is 71.5. The lowest BCUT2D eigenvalue weighted by molar-refractivity contribution is -0.926. The molecule has 100 heavy (non-hydrogen) atoms. The molecule has 1 aliphatic rings. The molecule has 0 radical (unpaired) electrons. The van der Waals surface area contributed by atoms with Crippen molar-refractivity contribution in [3.8, 4) is 80.8 Å². The molecule has 1 fully saturated rings. The molecule has 522 valence electrons. The number of rotatable bonds is 33. The predicted octanol–water partition coefficient (Wildman–Crippen LogP) is 9.10. The van der Waals surface area contributed by atoms with Crippen LogP contribution in [0.1, 0.15) is 61.1 Å². The number of nitrogens with one attached hydrogen (secondary N) is 4. The number of nitrogens with zero attached hydrogens (tertiary/aromatic N) is 6. The normalized spacial score (nSPS) is 13.9. The number of carboxylic acid groups (broad SMARTS) is 1. The molecule has 0 spiro atoms. The molecule has 5 aromatic carbocycles. The molecule has 9 rings (SSSR count). The second-order valence-corrected chi connectivity index (χ2v) is 26.0. The second kappa shape index (κ2) is 35.0. The minimum Gasteiger partial charge on any atom is -0.496 e. The van der Waals surface area contributed by atoms with Gasteiger partial charge in [-0.15, -0.1) is 30.1 Å². The van der Waals surface area contributed by atoms with Gasteiger partial charge in [0.25, 0.3) is 0 Å². The number of terminal acetylenes is 2. The van der Waals surface area contributed by atoms with Crippen LogP contribution < -0.4 is 51.7 Å². The molecule has 23 nitrogen and oxygen atoms in total. The fourth-order valence-electron chi connectivity index (χ4n) is 11.6. The summed E-state index contributed by atoms with van der Waals surface area (Å²) < 4.78 is 45.8. The molecule has 0 saturated carbocycles. The van der Waals surface area contributed by atoms with Gasteiger partial charge in [0, 0.05) is 66.9 Å². The Kier molecular flexibility index (Phi) is 25.9. The molecule has 9 N–H and O–H groups in total. The van der Waals surface area contributed by atoms with Gasteiger partial charge in [0.2, 0.25) is 29.7 Å². The first-order valence-electron chi connectivity index (χ1n) is 32.5. The number of anilines is 1. The Morgan fingerprint density at radius 2 is 1.59 bits per heavy atom. The summed E-state index contributed by atoms with van der Waals surface area (Å²) in [6.45, 7) is 10.5. The number of aromatic nitrogens is 4. The minimum atomic E-state index is -1.45. The van der Waals surface area contributed by atoms with Crippen molar-refractivity contribution in [2.24, 2.45) is 17.4 Å². The number of thiophene rings is 1. The van der Waals surface area contributed by atoms with Crippen molar-refractivity contribution in [2.45, 2.75) is 90.4 Å². The van der Waals surface area contributed by atoms with E-state index in [2.05, 4.69) is 60.0 Å². The van der Waals surface area contributed by atoms with Crippen LogP contribution in [-0.4, -0.2) is 155 Å². The van der Waals surface area contributed by atoms with Crippen molar-refractivity contribution >= 4 is 68.6 Å². The summed E-state index contributed by atoms with van der Waals surface area (Å²) in [6.07, 6.45) is 12.7. The summed E-state index contributed by atoms with van der Waals surface area (Å²) >= 11 is 8.59. The van der Waals surface area contributed by atoms with Gasteiger partial charge in [-0.3, -0.25) is 19.3 Å². The summed E-state index contributed by atoms with van der Waals surface area (Å²) in [5.41, 5.74) is 17.9. The molecule has 5 amide bonds. The number of quaternary nitrogens is 1. The number of carbonyl (C=O) groups is 5. The quantitative estimate of drug-likeness (QED) is 0.0115. The van der Waals surface area contributed by atoms with Crippen LogP contribution in [-0.2, 0) is 50.1 Å². The molecular weight excluding hydrogens is 1320 g/mol. The van der Waals surface area contributed by atoms with Crippen LogP contribution in [0, 0.1) is 43.3 Å². The minimum absolute atomic E-state index is 0.0203. The number of piperazine rings is 1. The van der Waals surface area contributed by atoms with E-state index in [-0.39, 0.29) is 63.8 Å². The smallest absolute Gasteiger partial charge is 0.345 e. The van der Waals surface area contributed by atoms with Gasteiger partial charge < -0.3 is 66.0 Å². The van der Waals surface area contributed by atoms with E-state index in [1.807, 2.05) is 49.4 Å². The first-order chi connectivity index (χ1) is 48.2. The molecule has 0 aliphatic carbocycles. The number of primary amides is 1. The summed E-state index contributed by atoms with van der Waals surface area (Å²) in [7, 11) is 3.77. The Morgan fingerprint density at radius 1 is 0.840 bits per heavy atom. The van der Waals surface area contributed by atoms with Gasteiger partial charge in [-0.25, -0.2) is 33.9 Å². The van der Waals surface area contributed by atoms with E-state index in [1.165, 1.54) is 29.8 Å². The zero-order valence-corrected chi connectivity index (χ0v) is 57.8. The van der Waals surface area contributed by atoms with Gasteiger partial charge in [-0.1, -0.05) is 86.0 Å². The first-order valence-corrected chi connectivity index (χ1v) is 33.7. The maximum absolute atomic E-state index is 14.5. The van der Waals surface area contributed by atoms with Crippen molar-refractivity contribution < 1.29 is 61.6 Å². The number of halogens is 2. The van der Waals surface area contributed by atoms with Crippen LogP contribution in [0.4, 0.5) is 14.9 Å². The van der Waals surface area contributed by atoms with E-state index >= 15 is 0 Å². The Balaban J connectivity index is 0.862. The van der Waals surface area contributed by atoms with E-state index in [4.69, 9.17) is 64.6 Å². The molecule has 26 heteroatoms.